The van der Waals surface area contributed by atoms with Gasteiger partial charge < -0.3 is 5.32 Å². The number of sulfonamides is 1. The smallest absolute Gasteiger partial charge is 0.310 e. The number of halogens is 2. The Hall–Kier alpha value is -0.270. The topological polar surface area (TPSA) is 58.2 Å². The molecule has 3 atom stereocenters. The summed E-state index contributed by atoms with van der Waals surface area (Å²) in [6.07, 6.45) is 1.36. The molecule has 0 saturated carbocycles. The third kappa shape index (κ3) is 3.35. The molecule has 3 unspecified atom stereocenters. The highest BCUT2D eigenvalue weighted by Gasteiger charge is 2.32. The van der Waals surface area contributed by atoms with Crippen LogP contribution in [0.2, 0.25) is 0 Å². The van der Waals surface area contributed by atoms with E-state index in [0.29, 0.717) is 12.5 Å². The molecule has 1 rings (SSSR count). The summed E-state index contributed by atoms with van der Waals surface area (Å²) in [5.74, 6) is -3.36. The monoisotopic (exact) mass is 242 g/mol. The molecule has 0 spiro atoms. The van der Waals surface area contributed by atoms with E-state index in [1.165, 1.54) is 0 Å². The first-order valence-electron chi connectivity index (χ1n) is 4.88. The largest absolute Gasteiger partial charge is 0.350 e. The lowest BCUT2D eigenvalue weighted by Crippen LogP contribution is -2.55. The lowest BCUT2D eigenvalue weighted by atomic mass is 9.96. The molecule has 0 aromatic heterocycles. The molecule has 4 nitrogen and oxygen atoms in total. The minimum atomic E-state index is -4.47. The third-order valence-electron chi connectivity index (χ3n) is 2.61. The van der Waals surface area contributed by atoms with Crippen molar-refractivity contribution in [3.8, 4) is 0 Å². The van der Waals surface area contributed by atoms with E-state index >= 15 is 0 Å². The van der Waals surface area contributed by atoms with Gasteiger partial charge in [-0.05, 0) is 26.7 Å². The van der Waals surface area contributed by atoms with Crippen molar-refractivity contribution in [2.24, 2.45) is 0 Å². The highest BCUT2D eigenvalue weighted by Crippen LogP contribution is 2.15. The average molecular weight is 242 g/mol. The average Bonchev–Trinajstić information content (AvgIpc) is 2.09. The fraction of sp³-hybridized carbons (Fsp3) is 1.00. The lowest BCUT2D eigenvalue weighted by molar-refractivity contribution is 0.226. The number of piperidine rings is 1. The summed E-state index contributed by atoms with van der Waals surface area (Å²) in [6.45, 7) is 3.77. The number of hydrogen-bond acceptors (Lipinski definition) is 3. The molecule has 0 bridgehead atoms. The van der Waals surface area contributed by atoms with Gasteiger partial charge in [-0.15, -0.1) is 0 Å². The minimum absolute atomic E-state index is 0.123. The molecule has 1 fully saturated rings. The van der Waals surface area contributed by atoms with Crippen LogP contribution in [0.15, 0.2) is 0 Å². The Bertz CT molecular complexity index is 308. The molecule has 1 saturated heterocycles. The summed E-state index contributed by atoms with van der Waals surface area (Å²) in [5, 5.41) is 3.12. The number of hydrogen-bond donors (Lipinski definition) is 2. The maximum absolute atomic E-state index is 12.1. The van der Waals surface area contributed by atoms with Crippen LogP contribution in [0.3, 0.4) is 0 Å². The Morgan fingerprint density at radius 2 is 1.93 bits per heavy atom. The number of alkyl halides is 2. The second kappa shape index (κ2) is 4.71. The Labute approximate surface area is 88.5 Å². The van der Waals surface area contributed by atoms with Gasteiger partial charge in [0.1, 0.15) is 0 Å². The Morgan fingerprint density at radius 3 is 2.40 bits per heavy atom. The first kappa shape index (κ1) is 12.8. The van der Waals surface area contributed by atoms with E-state index < -0.39 is 21.8 Å². The summed E-state index contributed by atoms with van der Waals surface area (Å²) >= 11 is 0. The van der Waals surface area contributed by atoms with Crippen molar-refractivity contribution in [2.45, 2.75) is 50.6 Å². The van der Waals surface area contributed by atoms with Gasteiger partial charge >= 0.3 is 5.76 Å². The van der Waals surface area contributed by atoms with Crippen molar-refractivity contribution in [3.63, 3.8) is 0 Å². The highest BCUT2D eigenvalue weighted by atomic mass is 32.2. The molecule has 15 heavy (non-hydrogen) atoms. The second-order valence-corrected chi connectivity index (χ2v) is 5.65. The van der Waals surface area contributed by atoms with E-state index in [0.717, 1.165) is 6.42 Å². The van der Waals surface area contributed by atoms with E-state index in [-0.39, 0.29) is 6.04 Å². The third-order valence-corrected chi connectivity index (χ3v) is 3.71. The highest BCUT2D eigenvalue weighted by molar-refractivity contribution is 7.89. The molecule has 2 N–H and O–H groups in total. The Kier molecular flexibility index (Phi) is 4.02. The van der Waals surface area contributed by atoms with Crippen LogP contribution < -0.4 is 10.0 Å². The van der Waals surface area contributed by atoms with Gasteiger partial charge in [-0.1, -0.05) is 0 Å². The number of nitrogens with one attached hydrogen (secondary N) is 2. The van der Waals surface area contributed by atoms with Crippen LogP contribution in [-0.2, 0) is 10.0 Å². The summed E-state index contributed by atoms with van der Waals surface area (Å²) in [4.78, 5) is 0. The molecule has 1 heterocycles. The molecule has 0 amide bonds. The molecule has 0 aromatic carbocycles. The standard InChI is InChI=1S/C8H16F2N2O2S/c1-5-3-4-7(6(2)11-5)12-15(13,14)8(9)10/h5-8,11-12H,3-4H2,1-2H3. The zero-order valence-corrected chi connectivity index (χ0v) is 9.52. The predicted molar refractivity (Wildman–Crippen MR) is 53.1 cm³/mol. The molecule has 0 aliphatic carbocycles. The van der Waals surface area contributed by atoms with Crippen molar-refractivity contribution < 1.29 is 17.2 Å². The van der Waals surface area contributed by atoms with Gasteiger partial charge in [0.2, 0.25) is 0 Å². The fourth-order valence-electron chi connectivity index (χ4n) is 1.75. The predicted octanol–water partition coefficient (Wildman–Crippen LogP) is 0.657. The van der Waals surface area contributed by atoms with Gasteiger partial charge in [0.15, 0.2) is 0 Å². The van der Waals surface area contributed by atoms with Crippen molar-refractivity contribution in [3.05, 3.63) is 0 Å². The molecule has 1 aliphatic heterocycles. The van der Waals surface area contributed by atoms with Gasteiger partial charge in [0.25, 0.3) is 10.0 Å². The van der Waals surface area contributed by atoms with E-state index in [1.54, 1.807) is 6.92 Å². The van der Waals surface area contributed by atoms with E-state index in [1.807, 2.05) is 11.6 Å². The van der Waals surface area contributed by atoms with Gasteiger partial charge in [-0.25, -0.2) is 13.1 Å². The van der Waals surface area contributed by atoms with Crippen molar-refractivity contribution in [1.29, 1.82) is 0 Å². The summed E-state index contributed by atoms with van der Waals surface area (Å²) < 4.78 is 48.1. The maximum atomic E-state index is 12.1. The normalized spacial score (nSPS) is 33.3. The second-order valence-electron chi connectivity index (χ2n) is 3.96. The van der Waals surface area contributed by atoms with Crippen LogP contribution in [0, 0.1) is 0 Å². The summed E-state index contributed by atoms with van der Waals surface area (Å²) in [6, 6.07) is -0.269. The van der Waals surface area contributed by atoms with Gasteiger partial charge in [0, 0.05) is 18.1 Å². The summed E-state index contributed by atoms with van der Waals surface area (Å²) in [5.41, 5.74) is 0. The zero-order valence-electron chi connectivity index (χ0n) is 8.70. The first-order chi connectivity index (χ1) is 6.83. The van der Waals surface area contributed by atoms with Gasteiger partial charge in [-0.2, -0.15) is 8.78 Å². The molecule has 7 heteroatoms. The van der Waals surface area contributed by atoms with Crippen LogP contribution in [0.25, 0.3) is 0 Å². The van der Waals surface area contributed by atoms with Crippen LogP contribution in [0.4, 0.5) is 8.78 Å². The van der Waals surface area contributed by atoms with Crippen LogP contribution in [-0.4, -0.2) is 32.3 Å². The first-order valence-corrected chi connectivity index (χ1v) is 6.43. The van der Waals surface area contributed by atoms with Gasteiger partial charge in [0.05, 0.1) is 0 Å². The lowest BCUT2D eigenvalue weighted by Gasteiger charge is -2.34. The minimum Gasteiger partial charge on any atom is -0.310 e. The number of rotatable bonds is 3. The van der Waals surface area contributed by atoms with Crippen molar-refractivity contribution in [1.82, 2.24) is 10.0 Å². The zero-order chi connectivity index (χ0) is 11.6. The van der Waals surface area contributed by atoms with Gasteiger partial charge in [-0.3, -0.25) is 0 Å². The van der Waals surface area contributed by atoms with Crippen LogP contribution in [0.5, 0.6) is 0 Å². The summed E-state index contributed by atoms with van der Waals surface area (Å²) in [7, 11) is -4.47. The molecule has 90 valence electrons. The molecular weight excluding hydrogens is 226 g/mol. The molecule has 0 radical (unpaired) electrons. The maximum Gasteiger partial charge on any atom is 0.350 e. The van der Waals surface area contributed by atoms with E-state index in [9.17, 15) is 17.2 Å². The van der Waals surface area contributed by atoms with Crippen LogP contribution in [0.1, 0.15) is 26.7 Å². The Balaban J connectivity index is 2.59. The SMILES string of the molecule is CC1CCC(NS(=O)(=O)C(F)F)C(C)N1. The molecule has 0 aromatic rings. The Morgan fingerprint density at radius 1 is 1.33 bits per heavy atom. The molecule has 1 aliphatic rings. The van der Waals surface area contributed by atoms with E-state index in [4.69, 9.17) is 0 Å². The molecular formula is C8H16F2N2O2S. The fourth-order valence-corrected chi connectivity index (χ4v) is 2.60. The van der Waals surface area contributed by atoms with E-state index in [2.05, 4.69) is 5.32 Å². The van der Waals surface area contributed by atoms with Crippen molar-refractivity contribution >= 4 is 10.0 Å². The van der Waals surface area contributed by atoms with Crippen LogP contribution >= 0.6 is 0 Å². The quantitative estimate of drug-likeness (QED) is 0.764. The van der Waals surface area contributed by atoms with Crippen molar-refractivity contribution in [2.75, 3.05) is 0 Å².